The quantitative estimate of drug-likeness (QED) is 0.844. The van der Waals surface area contributed by atoms with Crippen LogP contribution in [0.2, 0.25) is 0 Å². The van der Waals surface area contributed by atoms with Gasteiger partial charge in [0, 0.05) is 51.8 Å². The number of aryl methyl sites for hydroxylation is 1. The molecule has 0 amide bonds. The van der Waals surface area contributed by atoms with Crippen molar-refractivity contribution >= 4 is 5.69 Å². The second-order valence-electron chi connectivity index (χ2n) is 6.26. The Bertz CT molecular complexity index is 713. The van der Waals surface area contributed by atoms with Gasteiger partial charge in [-0.3, -0.25) is 9.69 Å². The van der Waals surface area contributed by atoms with E-state index in [1.807, 2.05) is 0 Å². The topological polar surface area (TPSA) is 67.4 Å². The van der Waals surface area contributed by atoms with E-state index in [2.05, 4.69) is 33.7 Å². The van der Waals surface area contributed by atoms with Crippen LogP contribution < -0.4 is 10.5 Å². The molecule has 0 bridgehead atoms. The van der Waals surface area contributed by atoms with Crippen molar-refractivity contribution in [3.63, 3.8) is 0 Å². The van der Waals surface area contributed by atoms with Gasteiger partial charge in [0.05, 0.1) is 17.6 Å². The summed E-state index contributed by atoms with van der Waals surface area (Å²) in [5.74, 6) is 1.32. The molecule has 0 spiro atoms. The summed E-state index contributed by atoms with van der Waals surface area (Å²) >= 11 is 0. The zero-order valence-electron chi connectivity index (χ0n) is 13.9. The van der Waals surface area contributed by atoms with Crippen LogP contribution in [0.15, 0.2) is 27.9 Å². The summed E-state index contributed by atoms with van der Waals surface area (Å²) in [6.45, 7) is 8.66. The van der Waals surface area contributed by atoms with Crippen LogP contribution in [0.5, 0.6) is 0 Å². The Kier molecular flexibility index (Phi) is 4.47. The monoisotopic (exact) mass is 317 g/mol. The number of hydrogen-bond donors (Lipinski definition) is 0. The summed E-state index contributed by atoms with van der Waals surface area (Å²) in [4.78, 5) is 20.6. The summed E-state index contributed by atoms with van der Waals surface area (Å²) < 4.78 is 6.83. The van der Waals surface area contributed by atoms with Gasteiger partial charge < -0.3 is 9.32 Å². The smallest absolute Gasteiger partial charge is 0.268 e. The zero-order valence-corrected chi connectivity index (χ0v) is 13.9. The predicted molar refractivity (Wildman–Crippen MR) is 87.6 cm³/mol. The molecule has 3 heterocycles. The Balaban J connectivity index is 1.61. The fraction of sp³-hybridized carbons (Fsp3) is 0.562. The van der Waals surface area contributed by atoms with E-state index in [4.69, 9.17) is 4.42 Å². The summed E-state index contributed by atoms with van der Waals surface area (Å²) in [5.41, 5.74) is 1.86. The van der Waals surface area contributed by atoms with E-state index in [0.29, 0.717) is 5.92 Å². The van der Waals surface area contributed by atoms with Gasteiger partial charge in [0.15, 0.2) is 6.39 Å². The van der Waals surface area contributed by atoms with Crippen LogP contribution in [0, 0.1) is 0 Å². The molecular formula is C16H23N5O2. The first-order valence-electron chi connectivity index (χ1n) is 7.97. The van der Waals surface area contributed by atoms with E-state index < -0.39 is 0 Å². The molecule has 1 saturated heterocycles. The highest BCUT2D eigenvalue weighted by Gasteiger charge is 2.21. The minimum absolute atomic E-state index is 0.0749. The number of aromatic nitrogens is 3. The maximum absolute atomic E-state index is 11.7. The van der Waals surface area contributed by atoms with Crippen molar-refractivity contribution in [3.05, 3.63) is 40.5 Å². The van der Waals surface area contributed by atoms with Gasteiger partial charge in [-0.05, 0) is 0 Å². The maximum atomic E-state index is 11.7. The van der Waals surface area contributed by atoms with Gasteiger partial charge in [0.25, 0.3) is 5.56 Å². The van der Waals surface area contributed by atoms with Crippen molar-refractivity contribution in [2.24, 2.45) is 7.05 Å². The third-order valence-electron chi connectivity index (χ3n) is 4.26. The number of rotatable bonds is 4. The molecule has 0 unspecified atom stereocenters. The minimum atomic E-state index is -0.0749. The molecule has 2 aromatic rings. The van der Waals surface area contributed by atoms with Crippen LogP contribution in [-0.2, 0) is 13.6 Å². The second-order valence-corrected chi connectivity index (χ2v) is 6.26. The highest BCUT2D eigenvalue weighted by molar-refractivity contribution is 5.43. The molecular weight excluding hydrogens is 294 g/mol. The first-order chi connectivity index (χ1) is 11.0. The van der Waals surface area contributed by atoms with E-state index in [1.54, 1.807) is 19.3 Å². The third kappa shape index (κ3) is 3.44. The Hall–Kier alpha value is -2.15. The Morgan fingerprint density at radius 3 is 2.65 bits per heavy atom. The minimum Gasteiger partial charge on any atom is -0.448 e. The third-order valence-corrected chi connectivity index (χ3v) is 4.26. The molecule has 7 nitrogen and oxygen atoms in total. The SMILES string of the molecule is CC(C)c1ocnc1CN1CCN(c2cnn(C)c(=O)c2)CC1. The Labute approximate surface area is 135 Å². The number of hydrogen-bond acceptors (Lipinski definition) is 6. The molecule has 1 aliphatic rings. The average Bonchev–Trinajstić information content (AvgIpc) is 2.99. The highest BCUT2D eigenvalue weighted by Crippen LogP contribution is 2.21. The lowest BCUT2D eigenvalue weighted by Gasteiger charge is -2.35. The van der Waals surface area contributed by atoms with Crippen LogP contribution in [0.25, 0.3) is 0 Å². The molecule has 124 valence electrons. The number of piperazine rings is 1. The highest BCUT2D eigenvalue weighted by atomic mass is 16.3. The fourth-order valence-corrected chi connectivity index (χ4v) is 2.88. The molecule has 0 N–H and O–H groups in total. The second kappa shape index (κ2) is 6.54. The van der Waals surface area contributed by atoms with Crippen LogP contribution in [0.3, 0.4) is 0 Å². The largest absolute Gasteiger partial charge is 0.448 e. The summed E-state index contributed by atoms with van der Waals surface area (Å²) in [6, 6.07) is 1.65. The molecule has 0 radical (unpaired) electrons. The molecule has 7 heteroatoms. The van der Waals surface area contributed by atoms with Gasteiger partial charge in [0.1, 0.15) is 5.76 Å². The first-order valence-corrected chi connectivity index (χ1v) is 7.97. The molecule has 23 heavy (non-hydrogen) atoms. The number of nitrogens with zero attached hydrogens (tertiary/aromatic N) is 5. The Morgan fingerprint density at radius 2 is 2.00 bits per heavy atom. The lowest BCUT2D eigenvalue weighted by atomic mass is 10.1. The van der Waals surface area contributed by atoms with Gasteiger partial charge in [0.2, 0.25) is 0 Å². The first kappa shape index (κ1) is 15.7. The van der Waals surface area contributed by atoms with Gasteiger partial charge in [-0.25, -0.2) is 9.67 Å². The molecule has 0 saturated carbocycles. The lowest BCUT2D eigenvalue weighted by molar-refractivity contribution is 0.245. The zero-order chi connectivity index (χ0) is 16.4. The maximum Gasteiger partial charge on any atom is 0.268 e. The van der Waals surface area contributed by atoms with Gasteiger partial charge >= 0.3 is 0 Å². The van der Waals surface area contributed by atoms with E-state index in [9.17, 15) is 4.79 Å². The van der Waals surface area contributed by atoms with Gasteiger partial charge in [-0.1, -0.05) is 13.8 Å². The standard InChI is InChI=1S/C16H23N5O2/c1-12(2)16-14(17-11-23-16)10-20-4-6-21(7-5-20)13-8-15(22)19(3)18-9-13/h8-9,11-12H,4-7,10H2,1-3H3. The van der Waals surface area contributed by atoms with E-state index >= 15 is 0 Å². The van der Waals surface area contributed by atoms with Crippen LogP contribution in [-0.4, -0.2) is 45.8 Å². The average molecular weight is 317 g/mol. The van der Waals surface area contributed by atoms with Crippen molar-refractivity contribution in [2.45, 2.75) is 26.3 Å². The number of anilines is 1. The van der Waals surface area contributed by atoms with Crippen molar-refractivity contribution < 1.29 is 4.42 Å². The van der Waals surface area contributed by atoms with Crippen LogP contribution in [0.4, 0.5) is 5.69 Å². The van der Waals surface area contributed by atoms with E-state index in [0.717, 1.165) is 49.9 Å². The van der Waals surface area contributed by atoms with Gasteiger partial charge in [-0.15, -0.1) is 0 Å². The van der Waals surface area contributed by atoms with Crippen molar-refractivity contribution in [2.75, 3.05) is 31.1 Å². The Morgan fingerprint density at radius 1 is 1.26 bits per heavy atom. The molecule has 0 aromatic carbocycles. The van der Waals surface area contributed by atoms with E-state index in [-0.39, 0.29) is 5.56 Å². The van der Waals surface area contributed by atoms with Crippen molar-refractivity contribution in [1.29, 1.82) is 0 Å². The van der Waals surface area contributed by atoms with Crippen LogP contribution >= 0.6 is 0 Å². The molecule has 1 fully saturated rings. The number of oxazole rings is 1. The molecule has 1 aliphatic heterocycles. The summed E-state index contributed by atoms with van der Waals surface area (Å²) in [7, 11) is 1.66. The fourth-order valence-electron chi connectivity index (χ4n) is 2.88. The van der Waals surface area contributed by atoms with E-state index in [1.165, 1.54) is 11.1 Å². The molecule has 0 aliphatic carbocycles. The predicted octanol–water partition coefficient (Wildman–Crippen LogP) is 1.21. The molecule has 2 aromatic heterocycles. The van der Waals surface area contributed by atoms with Crippen LogP contribution in [0.1, 0.15) is 31.2 Å². The van der Waals surface area contributed by atoms with Crippen molar-refractivity contribution in [3.8, 4) is 0 Å². The lowest BCUT2D eigenvalue weighted by Crippen LogP contribution is -2.46. The molecule has 0 atom stereocenters. The molecule has 3 rings (SSSR count). The summed E-state index contributed by atoms with van der Waals surface area (Å²) in [6.07, 6.45) is 3.29. The normalized spacial score (nSPS) is 16.3. The van der Waals surface area contributed by atoms with Gasteiger partial charge in [-0.2, -0.15) is 5.10 Å². The van der Waals surface area contributed by atoms with Crippen molar-refractivity contribution in [1.82, 2.24) is 19.7 Å². The summed E-state index contributed by atoms with van der Waals surface area (Å²) in [5, 5.41) is 4.09.